The number of anilines is 1. The molecule has 1 N–H and O–H groups in total. The van der Waals surface area contributed by atoms with E-state index in [0.29, 0.717) is 0 Å². The zero-order chi connectivity index (χ0) is 13.7. The van der Waals surface area contributed by atoms with Gasteiger partial charge in [-0.25, -0.2) is 4.98 Å². The molecular formula is C14H19N3OS. The van der Waals surface area contributed by atoms with E-state index in [4.69, 9.17) is 4.74 Å². The maximum Gasteiger partial charge on any atom is 0.185 e. The molecule has 0 atom stereocenters. The predicted octanol–water partition coefficient (Wildman–Crippen LogP) is 2.51. The number of hydrogen-bond acceptors (Lipinski definition) is 5. The van der Waals surface area contributed by atoms with Gasteiger partial charge in [-0.05, 0) is 24.7 Å². The second-order valence-corrected chi connectivity index (χ2v) is 5.44. The van der Waals surface area contributed by atoms with Crippen LogP contribution in [0.2, 0.25) is 0 Å². The molecule has 2 rings (SSSR count). The number of nitrogens with one attached hydrogen (secondary N) is 1. The van der Waals surface area contributed by atoms with Crippen LogP contribution < -0.4 is 15.0 Å². The summed E-state index contributed by atoms with van der Waals surface area (Å²) < 4.78 is 5.24. The first-order valence-electron chi connectivity index (χ1n) is 6.16. The van der Waals surface area contributed by atoms with Crippen LogP contribution in [0.3, 0.4) is 0 Å². The maximum absolute atomic E-state index is 5.24. The minimum Gasteiger partial charge on any atom is -0.497 e. The number of thiazole rings is 1. The van der Waals surface area contributed by atoms with E-state index < -0.39 is 0 Å². The number of methoxy groups -OCH3 is 1. The van der Waals surface area contributed by atoms with Gasteiger partial charge in [0.15, 0.2) is 5.13 Å². The summed E-state index contributed by atoms with van der Waals surface area (Å²) in [5.74, 6) is 0.890. The topological polar surface area (TPSA) is 37.4 Å². The van der Waals surface area contributed by atoms with E-state index in [1.807, 2.05) is 25.4 Å². The SMILES string of the molecule is CNCc1cnc(N(C)Cc2cccc(OC)c2)s1. The molecule has 2 aromatic rings. The van der Waals surface area contributed by atoms with Crippen molar-refractivity contribution >= 4 is 16.5 Å². The van der Waals surface area contributed by atoms with Crippen LogP contribution in [0.4, 0.5) is 5.13 Å². The van der Waals surface area contributed by atoms with E-state index in [-0.39, 0.29) is 0 Å². The first-order chi connectivity index (χ1) is 9.22. The lowest BCUT2D eigenvalue weighted by atomic mass is 10.2. The van der Waals surface area contributed by atoms with Crippen LogP contribution >= 0.6 is 11.3 Å². The lowest BCUT2D eigenvalue weighted by Gasteiger charge is -2.16. The number of benzene rings is 1. The van der Waals surface area contributed by atoms with E-state index in [1.165, 1.54) is 10.4 Å². The molecule has 0 fully saturated rings. The number of nitrogens with zero attached hydrogens (tertiary/aromatic N) is 2. The third-order valence-electron chi connectivity index (χ3n) is 2.77. The molecule has 0 radical (unpaired) electrons. The van der Waals surface area contributed by atoms with Crippen molar-refractivity contribution in [2.45, 2.75) is 13.1 Å². The van der Waals surface area contributed by atoms with Gasteiger partial charge < -0.3 is 15.0 Å². The van der Waals surface area contributed by atoms with Crippen molar-refractivity contribution < 1.29 is 4.74 Å². The van der Waals surface area contributed by atoms with Gasteiger partial charge in [0.1, 0.15) is 5.75 Å². The van der Waals surface area contributed by atoms with Crippen LogP contribution in [0, 0.1) is 0 Å². The van der Waals surface area contributed by atoms with Crippen LogP contribution in [0.25, 0.3) is 0 Å². The Hall–Kier alpha value is -1.59. The maximum atomic E-state index is 5.24. The Morgan fingerprint density at radius 2 is 2.26 bits per heavy atom. The van der Waals surface area contributed by atoms with Gasteiger partial charge in [0.25, 0.3) is 0 Å². The summed E-state index contributed by atoms with van der Waals surface area (Å²) in [5, 5.41) is 4.17. The van der Waals surface area contributed by atoms with E-state index in [1.54, 1.807) is 18.4 Å². The molecule has 0 saturated heterocycles. The average Bonchev–Trinajstić information content (AvgIpc) is 2.88. The van der Waals surface area contributed by atoms with Gasteiger partial charge in [-0.2, -0.15) is 0 Å². The molecule has 0 spiro atoms. The molecule has 0 aliphatic carbocycles. The highest BCUT2D eigenvalue weighted by molar-refractivity contribution is 7.15. The van der Waals surface area contributed by atoms with E-state index in [9.17, 15) is 0 Å². The summed E-state index contributed by atoms with van der Waals surface area (Å²) in [6.07, 6.45) is 1.93. The third-order valence-corrected chi connectivity index (χ3v) is 3.88. The van der Waals surface area contributed by atoms with Crippen molar-refractivity contribution in [2.24, 2.45) is 0 Å². The Morgan fingerprint density at radius 3 is 3.00 bits per heavy atom. The van der Waals surface area contributed by atoms with Crippen molar-refractivity contribution in [1.29, 1.82) is 0 Å². The molecule has 1 heterocycles. The Balaban J connectivity index is 2.04. The average molecular weight is 277 g/mol. The standard InChI is InChI=1S/C14H19N3OS/c1-15-8-13-9-16-14(19-13)17(2)10-11-5-4-6-12(7-11)18-3/h4-7,9,15H,8,10H2,1-3H3. The van der Waals surface area contributed by atoms with Crippen LogP contribution in [0.1, 0.15) is 10.4 Å². The summed E-state index contributed by atoms with van der Waals surface area (Å²) in [5.41, 5.74) is 1.22. The van der Waals surface area contributed by atoms with Gasteiger partial charge in [0, 0.05) is 31.2 Å². The lowest BCUT2D eigenvalue weighted by Crippen LogP contribution is -2.15. The number of ether oxygens (including phenoxy) is 1. The molecule has 19 heavy (non-hydrogen) atoms. The zero-order valence-electron chi connectivity index (χ0n) is 11.5. The molecule has 0 unspecified atom stereocenters. The van der Waals surface area contributed by atoms with Gasteiger partial charge in [0.05, 0.1) is 7.11 Å². The quantitative estimate of drug-likeness (QED) is 0.880. The van der Waals surface area contributed by atoms with Crippen molar-refractivity contribution in [3.05, 3.63) is 40.9 Å². The second kappa shape index (κ2) is 6.54. The van der Waals surface area contributed by atoms with E-state index >= 15 is 0 Å². The summed E-state index contributed by atoms with van der Waals surface area (Å²) in [6.45, 7) is 1.69. The fourth-order valence-corrected chi connectivity index (χ4v) is 2.72. The second-order valence-electron chi connectivity index (χ2n) is 4.35. The fourth-order valence-electron chi connectivity index (χ4n) is 1.84. The minimum atomic E-state index is 0.823. The van der Waals surface area contributed by atoms with Crippen LogP contribution in [0.15, 0.2) is 30.5 Å². The first kappa shape index (κ1) is 13.8. The van der Waals surface area contributed by atoms with Crippen molar-refractivity contribution in [2.75, 3.05) is 26.1 Å². The Morgan fingerprint density at radius 1 is 1.42 bits per heavy atom. The summed E-state index contributed by atoms with van der Waals surface area (Å²) in [7, 11) is 5.69. The number of aromatic nitrogens is 1. The fraction of sp³-hybridized carbons (Fsp3) is 0.357. The Labute approximate surface area is 118 Å². The molecule has 102 valence electrons. The van der Waals surface area contributed by atoms with Crippen LogP contribution in [0.5, 0.6) is 5.75 Å². The molecule has 0 saturated carbocycles. The summed E-state index contributed by atoms with van der Waals surface area (Å²) in [6, 6.07) is 8.12. The molecule has 0 aliphatic heterocycles. The third kappa shape index (κ3) is 3.68. The highest BCUT2D eigenvalue weighted by Crippen LogP contribution is 2.23. The Bertz CT molecular complexity index is 527. The molecule has 4 nitrogen and oxygen atoms in total. The predicted molar refractivity (Wildman–Crippen MR) is 80.0 cm³/mol. The molecule has 1 aromatic heterocycles. The smallest absolute Gasteiger partial charge is 0.185 e. The highest BCUT2D eigenvalue weighted by Gasteiger charge is 2.07. The van der Waals surface area contributed by atoms with E-state index in [0.717, 1.165) is 24.0 Å². The first-order valence-corrected chi connectivity index (χ1v) is 6.98. The molecule has 5 heteroatoms. The molecule has 0 bridgehead atoms. The Kier molecular flexibility index (Phi) is 4.76. The summed E-state index contributed by atoms with van der Waals surface area (Å²) >= 11 is 1.72. The zero-order valence-corrected chi connectivity index (χ0v) is 12.3. The minimum absolute atomic E-state index is 0.823. The molecule has 1 aromatic carbocycles. The van der Waals surface area contributed by atoms with Gasteiger partial charge in [-0.3, -0.25) is 0 Å². The lowest BCUT2D eigenvalue weighted by molar-refractivity contribution is 0.414. The van der Waals surface area contributed by atoms with Crippen LogP contribution in [-0.2, 0) is 13.1 Å². The summed E-state index contributed by atoms with van der Waals surface area (Å²) in [4.78, 5) is 7.84. The van der Waals surface area contributed by atoms with Crippen LogP contribution in [-0.4, -0.2) is 26.2 Å². The molecule has 0 aliphatic rings. The molecule has 0 amide bonds. The highest BCUT2D eigenvalue weighted by atomic mass is 32.1. The van der Waals surface area contributed by atoms with Crippen molar-refractivity contribution in [3.63, 3.8) is 0 Å². The largest absolute Gasteiger partial charge is 0.497 e. The van der Waals surface area contributed by atoms with Gasteiger partial charge >= 0.3 is 0 Å². The van der Waals surface area contributed by atoms with E-state index in [2.05, 4.69) is 34.4 Å². The van der Waals surface area contributed by atoms with Crippen molar-refractivity contribution in [3.8, 4) is 5.75 Å². The monoisotopic (exact) mass is 277 g/mol. The van der Waals surface area contributed by atoms with Gasteiger partial charge in [-0.15, -0.1) is 11.3 Å². The number of rotatable bonds is 6. The van der Waals surface area contributed by atoms with Crippen molar-refractivity contribution in [1.82, 2.24) is 10.3 Å². The van der Waals surface area contributed by atoms with Gasteiger partial charge in [0.2, 0.25) is 0 Å². The number of hydrogen-bond donors (Lipinski definition) is 1. The molecular weight excluding hydrogens is 258 g/mol. The normalized spacial score (nSPS) is 10.5. The van der Waals surface area contributed by atoms with Gasteiger partial charge in [-0.1, -0.05) is 12.1 Å².